The summed E-state index contributed by atoms with van der Waals surface area (Å²) in [6.45, 7) is 5.75. The van der Waals surface area contributed by atoms with Crippen molar-refractivity contribution >= 4 is 5.91 Å². The summed E-state index contributed by atoms with van der Waals surface area (Å²) in [5.74, 6) is 1.32. The van der Waals surface area contributed by atoms with Crippen LogP contribution in [0.1, 0.15) is 24.8 Å². The van der Waals surface area contributed by atoms with Crippen molar-refractivity contribution < 1.29 is 4.79 Å². The van der Waals surface area contributed by atoms with Gasteiger partial charge in [-0.3, -0.25) is 9.48 Å². The first-order chi connectivity index (χ1) is 9.15. The Hall–Kier alpha value is -1.36. The molecule has 1 unspecified atom stereocenters. The molecule has 2 fully saturated rings. The van der Waals surface area contributed by atoms with Crippen LogP contribution in [-0.4, -0.2) is 46.8 Å². The minimum atomic E-state index is 0.0782. The second-order valence-corrected chi connectivity index (χ2v) is 6.00. The Morgan fingerprint density at radius 2 is 2.32 bits per heavy atom. The summed E-state index contributed by atoms with van der Waals surface area (Å²) in [7, 11) is 1.92. The van der Waals surface area contributed by atoms with Gasteiger partial charge in [-0.25, -0.2) is 0 Å². The molecule has 2 aliphatic heterocycles. The molecule has 2 aliphatic rings. The van der Waals surface area contributed by atoms with Crippen molar-refractivity contribution in [2.45, 2.75) is 19.3 Å². The number of hydrogen-bond acceptors (Lipinski definition) is 3. The minimum absolute atomic E-state index is 0.0782. The largest absolute Gasteiger partial charge is 0.342 e. The molecular formula is C14H22N4O. The van der Waals surface area contributed by atoms with Gasteiger partial charge in [0, 0.05) is 45.3 Å². The zero-order valence-corrected chi connectivity index (χ0v) is 11.7. The molecule has 19 heavy (non-hydrogen) atoms. The number of aromatic nitrogens is 2. The van der Waals surface area contributed by atoms with Crippen LogP contribution in [0.25, 0.3) is 0 Å². The minimum Gasteiger partial charge on any atom is -0.342 e. The van der Waals surface area contributed by atoms with Gasteiger partial charge in [0.25, 0.3) is 0 Å². The summed E-state index contributed by atoms with van der Waals surface area (Å²) in [6.07, 6.45) is 5.07. The van der Waals surface area contributed by atoms with Crippen LogP contribution in [0.2, 0.25) is 0 Å². The number of nitrogens with zero attached hydrogens (tertiary/aromatic N) is 3. The van der Waals surface area contributed by atoms with Gasteiger partial charge < -0.3 is 10.2 Å². The van der Waals surface area contributed by atoms with Crippen molar-refractivity contribution in [3.63, 3.8) is 0 Å². The molecule has 5 heteroatoms. The maximum Gasteiger partial charge on any atom is 0.227 e. The summed E-state index contributed by atoms with van der Waals surface area (Å²) in [6, 6.07) is 0. The Kier molecular flexibility index (Phi) is 3.31. The molecule has 5 nitrogen and oxygen atoms in total. The third-order valence-corrected chi connectivity index (χ3v) is 4.42. The quantitative estimate of drug-likeness (QED) is 0.849. The van der Waals surface area contributed by atoms with Crippen LogP contribution in [0.3, 0.4) is 0 Å². The predicted molar refractivity (Wildman–Crippen MR) is 72.7 cm³/mol. The van der Waals surface area contributed by atoms with E-state index in [9.17, 15) is 4.79 Å². The maximum absolute atomic E-state index is 12.6. The summed E-state index contributed by atoms with van der Waals surface area (Å²) in [5, 5.41) is 7.59. The zero-order chi connectivity index (χ0) is 13.4. The monoisotopic (exact) mass is 262 g/mol. The van der Waals surface area contributed by atoms with Crippen molar-refractivity contribution in [2.75, 3.05) is 26.2 Å². The molecule has 0 saturated carbocycles. The van der Waals surface area contributed by atoms with Crippen molar-refractivity contribution in [1.29, 1.82) is 0 Å². The fourth-order valence-corrected chi connectivity index (χ4v) is 3.29. The standard InChI is InChI=1S/C14H22N4O/c1-10-3-4-18(8-10)14(19)13-7-15-6-12(13)11-5-16-17(2)9-11/h5,9-10,12-13,15H,3-4,6-8H2,1-2H3/t10?,12-,13+/m1/s1. The lowest BCUT2D eigenvalue weighted by Gasteiger charge is -2.23. The van der Waals surface area contributed by atoms with Crippen LogP contribution < -0.4 is 5.32 Å². The van der Waals surface area contributed by atoms with E-state index in [1.165, 1.54) is 5.56 Å². The number of amides is 1. The van der Waals surface area contributed by atoms with Crippen molar-refractivity contribution in [3.8, 4) is 0 Å². The number of carbonyl (C=O) groups is 1. The van der Waals surface area contributed by atoms with E-state index >= 15 is 0 Å². The highest BCUT2D eigenvalue weighted by Crippen LogP contribution is 2.30. The first-order valence-electron chi connectivity index (χ1n) is 7.13. The normalized spacial score (nSPS) is 31.1. The first-order valence-corrected chi connectivity index (χ1v) is 7.13. The van der Waals surface area contributed by atoms with Gasteiger partial charge in [-0.15, -0.1) is 0 Å². The molecule has 0 bridgehead atoms. The fourth-order valence-electron chi connectivity index (χ4n) is 3.29. The van der Waals surface area contributed by atoms with Crippen LogP contribution in [0.4, 0.5) is 0 Å². The lowest BCUT2D eigenvalue weighted by atomic mass is 9.90. The van der Waals surface area contributed by atoms with E-state index in [2.05, 4.69) is 17.3 Å². The second-order valence-electron chi connectivity index (χ2n) is 6.00. The Labute approximate surface area is 114 Å². The smallest absolute Gasteiger partial charge is 0.227 e. The van der Waals surface area contributed by atoms with Crippen LogP contribution >= 0.6 is 0 Å². The van der Waals surface area contributed by atoms with Crippen LogP contribution in [-0.2, 0) is 11.8 Å². The average molecular weight is 262 g/mol. The maximum atomic E-state index is 12.6. The summed E-state index contributed by atoms with van der Waals surface area (Å²) in [5.41, 5.74) is 1.18. The van der Waals surface area contributed by atoms with Gasteiger partial charge in [-0.1, -0.05) is 6.92 Å². The number of carbonyl (C=O) groups excluding carboxylic acids is 1. The summed E-state index contributed by atoms with van der Waals surface area (Å²) < 4.78 is 1.81. The topological polar surface area (TPSA) is 50.2 Å². The van der Waals surface area contributed by atoms with E-state index in [0.717, 1.165) is 32.6 Å². The SMILES string of the molecule is CC1CCN(C(=O)[C@H]2CNC[C@@H]2c2cnn(C)c2)C1. The first kappa shape index (κ1) is 12.7. The Morgan fingerprint density at radius 3 is 2.95 bits per heavy atom. The number of rotatable bonds is 2. The van der Waals surface area contributed by atoms with Crippen molar-refractivity contribution in [1.82, 2.24) is 20.0 Å². The number of nitrogens with one attached hydrogen (secondary N) is 1. The van der Waals surface area contributed by atoms with E-state index in [0.29, 0.717) is 11.8 Å². The second kappa shape index (κ2) is 4.96. The molecule has 3 rings (SSSR count). The Morgan fingerprint density at radius 1 is 1.47 bits per heavy atom. The molecule has 1 aromatic heterocycles. The van der Waals surface area contributed by atoms with Crippen molar-refractivity contribution in [2.24, 2.45) is 18.9 Å². The molecule has 3 atom stereocenters. The lowest BCUT2D eigenvalue weighted by molar-refractivity contribution is -0.134. The van der Waals surface area contributed by atoms with Gasteiger partial charge in [0.2, 0.25) is 5.91 Å². The molecule has 0 spiro atoms. The van der Waals surface area contributed by atoms with E-state index in [4.69, 9.17) is 0 Å². The van der Waals surface area contributed by atoms with Gasteiger partial charge >= 0.3 is 0 Å². The van der Waals surface area contributed by atoms with Gasteiger partial charge in [-0.2, -0.15) is 5.10 Å². The number of hydrogen-bond donors (Lipinski definition) is 1. The van der Waals surface area contributed by atoms with E-state index in [1.807, 2.05) is 29.0 Å². The molecule has 1 aromatic rings. The van der Waals surface area contributed by atoms with Crippen LogP contribution in [0.15, 0.2) is 12.4 Å². The predicted octanol–water partition coefficient (Wildman–Crippen LogP) is 0.591. The van der Waals surface area contributed by atoms with Gasteiger partial charge in [0.1, 0.15) is 0 Å². The Bertz CT molecular complexity index is 470. The van der Waals surface area contributed by atoms with Crippen molar-refractivity contribution in [3.05, 3.63) is 18.0 Å². The van der Waals surface area contributed by atoms with E-state index in [-0.39, 0.29) is 11.8 Å². The summed E-state index contributed by atoms with van der Waals surface area (Å²) >= 11 is 0. The third-order valence-electron chi connectivity index (χ3n) is 4.42. The van der Waals surface area contributed by atoms with Crippen LogP contribution in [0.5, 0.6) is 0 Å². The van der Waals surface area contributed by atoms with E-state index in [1.54, 1.807) is 0 Å². The molecule has 1 amide bonds. The highest BCUT2D eigenvalue weighted by Gasteiger charge is 2.38. The average Bonchev–Trinajstić information content (AvgIpc) is 3.07. The van der Waals surface area contributed by atoms with Gasteiger partial charge in [0.05, 0.1) is 12.1 Å². The molecule has 0 radical (unpaired) electrons. The molecule has 3 heterocycles. The number of likely N-dealkylation sites (tertiary alicyclic amines) is 1. The van der Waals surface area contributed by atoms with E-state index < -0.39 is 0 Å². The van der Waals surface area contributed by atoms with Gasteiger partial charge in [-0.05, 0) is 17.9 Å². The highest BCUT2D eigenvalue weighted by molar-refractivity contribution is 5.81. The molecule has 1 N–H and O–H groups in total. The third kappa shape index (κ3) is 2.39. The fraction of sp³-hybridized carbons (Fsp3) is 0.714. The lowest BCUT2D eigenvalue weighted by Crippen LogP contribution is -2.37. The zero-order valence-electron chi connectivity index (χ0n) is 11.7. The molecule has 2 saturated heterocycles. The molecule has 104 valence electrons. The van der Waals surface area contributed by atoms with Gasteiger partial charge in [0.15, 0.2) is 0 Å². The Balaban J connectivity index is 1.74. The molecular weight excluding hydrogens is 240 g/mol. The highest BCUT2D eigenvalue weighted by atomic mass is 16.2. The molecule has 0 aromatic carbocycles. The molecule has 0 aliphatic carbocycles. The summed E-state index contributed by atoms with van der Waals surface area (Å²) in [4.78, 5) is 14.7. The number of aryl methyl sites for hydroxylation is 1. The van der Waals surface area contributed by atoms with Crippen LogP contribution in [0, 0.1) is 11.8 Å².